The van der Waals surface area contributed by atoms with Crippen LogP contribution in [0.5, 0.6) is 0 Å². The maximum Gasteiger partial charge on any atom is 0.0475 e. The first-order chi connectivity index (χ1) is 6.60. The van der Waals surface area contributed by atoms with Crippen LogP contribution in [0.15, 0.2) is 12.1 Å². The van der Waals surface area contributed by atoms with Crippen LogP contribution in [-0.2, 0) is 10.8 Å². The van der Waals surface area contributed by atoms with Gasteiger partial charge in [-0.1, -0.05) is 53.1 Å². The largest absolute Gasteiger partial charge is 0.257 e. The second kappa shape index (κ2) is 3.79. The fourth-order valence-corrected chi connectivity index (χ4v) is 1.47. The van der Waals surface area contributed by atoms with Gasteiger partial charge in [0.05, 0.1) is 0 Å². The van der Waals surface area contributed by atoms with Crippen LogP contribution in [0.4, 0.5) is 0 Å². The fourth-order valence-electron chi connectivity index (χ4n) is 1.27. The molecule has 0 aromatic carbocycles. The number of nitrogens with zero attached hydrogens (tertiary/aromatic N) is 1. The monoisotopic (exact) mass is 225 g/mol. The molecule has 0 unspecified atom stereocenters. The van der Waals surface area contributed by atoms with E-state index in [1.54, 1.807) is 0 Å². The molecule has 84 valence electrons. The van der Waals surface area contributed by atoms with Crippen molar-refractivity contribution in [2.45, 2.75) is 52.4 Å². The summed E-state index contributed by atoms with van der Waals surface area (Å²) in [4.78, 5) is 4.69. The molecule has 0 saturated heterocycles. The van der Waals surface area contributed by atoms with Crippen LogP contribution in [0, 0.1) is 0 Å². The van der Waals surface area contributed by atoms with E-state index < -0.39 is 0 Å². The Balaban J connectivity index is 3.30. The third-order valence-electron chi connectivity index (χ3n) is 2.33. The van der Waals surface area contributed by atoms with Crippen LogP contribution in [0.3, 0.4) is 0 Å². The van der Waals surface area contributed by atoms with Crippen LogP contribution in [0.1, 0.15) is 52.9 Å². The predicted octanol–water partition coefficient (Wildman–Crippen LogP) is 4.33. The minimum Gasteiger partial charge on any atom is -0.257 e. The van der Waals surface area contributed by atoms with Crippen molar-refractivity contribution in [1.29, 1.82) is 0 Å². The van der Waals surface area contributed by atoms with E-state index in [4.69, 9.17) is 16.6 Å². The highest BCUT2D eigenvalue weighted by atomic mass is 35.5. The Morgan fingerprint density at radius 2 is 1.20 bits per heavy atom. The second-order valence-electron chi connectivity index (χ2n) is 6.06. The third kappa shape index (κ3) is 3.20. The molecule has 0 spiro atoms. The van der Waals surface area contributed by atoms with Crippen molar-refractivity contribution in [3.63, 3.8) is 0 Å². The van der Waals surface area contributed by atoms with Gasteiger partial charge in [0.15, 0.2) is 0 Å². The Hall–Kier alpha value is -0.560. The summed E-state index contributed by atoms with van der Waals surface area (Å²) in [5.74, 6) is 0. The first-order valence-electron chi connectivity index (χ1n) is 5.29. The number of pyridine rings is 1. The smallest absolute Gasteiger partial charge is 0.0475 e. The van der Waals surface area contributed by atoms with E-state index in [0.717, 1.165) is 16.4 Å². The minimum atomic E-state index is 0.0465. The minimum absolute atomic E-state index is 0.0465. The number of rotatable bonds is 0. The molecule has 0 aliphatic rings. The van der Waals surface area contributed by atoms with Gasteiger partial charge in [0, 0.05) is 27.2 Å². The normalized spacial score (nSPS) is 13.0. The van der Waals surface area contributed by atoms with Gasteiger partial charge in [-0.05, 0) is 12.1 Å². The van der Waals surface area contributed by atoms with Crippen molar-refractivity contribution in [1.82, 2.24) is 4.98 Å². The van der Waals surface area contributed by atoms with Gasteiger partial charge in [-0.25, -0.2) is 0 Å². The lowest BCUT2D eigenvalue weighted by molar-refractivity contribution is 0.531. The molecule has 0 atom stereocenters. The van der Waals surface area contributed by atoms with Crippen LogP contribution in [0.25, 0.3) is 0 Å². The zero-order chi connectivity index (χ0) is 11.9. The summed E-state index contributed by atoms with van der Waals surface area (Å²) in [6.07, 6.45) is 0. The Kier molecular flexibility index (Phi) is 3.16. The molecular weight excluding hydrogens is 206 g/mol. The van der Waals surface area contributed by atoms with Gasteiger partial charge in [0.2, 0.25) is 0 Å². The SMILES string of the molecule is CC(C)(C)c1cc(Cl)cc(C(C)(C)C)n1. The summed E-state index contributed by atoms with van der Waals surface area (Å²) >= 11 is 6.12. The molecule has 0 bridgehead atoms. The summed E-state index contributed by atoms with van der Waals surface area (Å²) in [6, 6.07) is 3.91. The molecular formula is C13H20ClN. The molecule has 1 aromatic heterocycles. The number of halogens is 1. The maximum absolute atomic E-state index is 6.12. The number of hydrogen-bond donors (Lipinski definition) is 0. The van der Waals surface area contributed by atoms with Crippen molar-refractivity contribution in [2.24, 2.45) is 0 Å². The van der Waals surface area contributed by atoms with Gasteiger partial charge in [0.25, 0.3) is 0 Å². The van der Waals surface area contributed by atoms with Crippen molar-refractivity contribution in [2.75, 3.05) is 0 Å². The van der Waals surface area contributed by atoms with Crippen LogP contribution >= 0.6 is 11.6 Å². The molecule has 2 heteroatoms. The molecule has 1 nitrogen and oxygen atoms in total. The molecule has 0 N–H and O–H groups in total. The zero-order valence-corrected chi connectivity index (χ0v) is 11.2. The molecule has 0 amide bonds. The predicted molar refractivity (Wildman–Crippen MR) is 66.6 cm³/mol. The zero-order valence-electron chi connectivity index (χ0n) is 10.5. The summed E-state index contributed by atoms with van der Waals surface area (Å²) in [7, 11) is 0. The first-order valence-corrected chi connectivity index (χ1v) is 5.67. The molecule has 0 saturated carbocycles. The van der Waals surface area contributed by atoms with Crippen LogP contribution in [-0.4, -0.2) is 4.98 Å². The van der Waals surface area contributed by atoms with E-state index in [1.165, 1.54) is 0 Å². The van der Waals surface area contributed by atoms with Crippen molar-refractivity contribution in [3.05, 3.63) is 28.5 Å². The topological polar surface area (TPSA) is 12.9 Å². The van der Waals surface area contributed by atoms with Crippen molar-refractivity contribution >= 4 is 11.6 Å². The highest BCUT2D eigenvalue weighted by molar-refractivity contribution is 6.30. The standard InChI is InChI=1S/C13H20ClN/c1-12(2,3)10-7-9(14)8-11(15-10)13(4,5)6/h7-8H,1-6H3. The molecule has 0 fully saturated rings. The van der Waals surface area contributed by atoms with Gasteiger partial charge >= 0.3 is 0 Å². The van der Waals surface area contributed by atoms with Gasteiger partial charge in [-0.15, -0.1) is 0 Å². The summed E-state index contributed by atoms with van der Waals surface area (Å²) < 4.78 is 0. The van der Waals surface area contributed by atoms with Crippen molar-refractivity contribution < 1.29 is 0 Å². The Bertz CT molecular complexity index is 324. The number of aromatic nitrogens is 1. The highest BCUT2D eigenvalue weighted by Gasteiger charge is 2.21. The third-order valence-corrected chi connectivity index (χ3v) is 2.55. The summed E-state index contributed by atoms with van der Waals surface area (Å²) in [6.45, 7) is 12.9. The molecule has 0 aliphatic carbocycles. The average molecular weight is 226 g/mol. The molecule has 0 aliphatic heterocycles. The first kappa shape index (κ1) is 12.5. The summed E-state index contributed by atoms with van der Waals surface area (Å²) in [5, 5.41) is 0.778. The van der Waals surface area contributed by atoms with E-state index in [9.17, 15) is 0 Å². The lowest BCUT2D eigenvalue weighted by atomic mass is 9.88. The van der Waals surface area contributed by atoms with Gasteiger partial charge < -0.3 is 0 Å². The van der Waals surface area contributed by atoms with Crippen LogP contribution in [0.2, 0.25) is 5.02 Å². The Morgan fingerprint density at radius 3 is 1.47 bits per heavy atom. The van der Waals surface area contributed by atoms with Gasteiger partial charge in [-0.3, -0.25) is 4.98 Å². The quantitative estimate of drug-likeness (QED) is 0.641. The second-order valence-corrected chi connectivity index (χ2v) is 6.49. The van der Waals surface area contributed by atoms with E-state index in [-0.39, 0.29) is 10.8 Å². The molecule has 0 radical (unpaired) electrons. The Morgan fingerprint density at radius 1 is 0.867 bits per heavy atom. The van der Waals surface area contributed by atoms with E-state index in [1.807, 2.05) is 12.1 Å². The molecule has 1 aromatic rings. The lowest BCUT2D eigenvalue weighted by Crippen LogP contribution is -2.19. The molecule has 15 heavy (non-hydrogen) atoms. The van der Waals surface area contributed by atoms with E-state index in [2.05, 4.69) is 41.5 Å². The molecule has 1 heterocycles. The lowest BCUT2D eigenvalue weighted by Gasteiger charge is -2.23. The maximum atomic E-state index is 6.12. The Labute approximate surface area is 97.9 Å². The van der Waals surface area contributed by atoms with Gasteiger partial charge in [0.1, 0.15) is 0 Å². The summed E-state index contributed by atoms with van der Waals surface area (Å²) in [5.41, 5.74) is 2.20. The number of hydrogen-bond acceptors (Lipinski definition) is 1. The van der Waals surface area contributed by atoms with Crippen LogP contribution < -0.4 is 0 Å². The average Bonchev–Trinajstić information content (AvgIpc) is 1.99. The van der Waals surface area contributed by atoms with E-state index >= 15 is 0 Å². The van der Waals surface area contributed by atoms with Crippen molar-refractivity contribution in [3.8, 4) is 0 Å². The van der Waals surface area contributed by atoms with E-state index in [0.29, 0.717) is 0 Å². The highest BCUT2D eigenvalue weighted by Crippen LogP contribution is 2.28. The molecule has 1 rings (SSSR count). The fraction of sp³-hybridized carbons (Fsp3) is 0.615. The van der Waals surface area contributed by atoms with Gasteiger partial charge in [-0.2, -0.15) is 0 Å².